The van der Waals surface area contributed by atoms with E-state index in [1.54, 1.807) is 6.07 Å². The van der Waals surface area contributed by atoms with Crippen molar-refractivity contribution in [3.63, 3.8) is 0 Å². The van der Waals surface area contributed by atoms with E-state index in [1.165, 1.54) is 38.2 Å². The van der Waals surface area contributed by atoms with E-state index in [4.69, 9.17) is 11.6 Å². The van der Waals surface area contributed by atoms with Crippen molar-refractivity contribution in [2.45, 2.75) is 39.0 Å². The Morgan fingerprint density at radius 3 is 2.68 bits per heavy atom. The molecule has 0 unspecified atom stereocenters. The Morgan fingerprint density at radius 1 is 1.37 bits per heavy atom. The van der Waals surface area contributed by atoms with Crippen molar-refractivity contribution in [2.24, 2.45) is 5.92 Å². The van der Waals surface area contributed by atoms with Crippen LogP contribution in [0.25, 0.3) is 0 Å². The van der Waals surface area contributed by atoms with Crippen molar-refractivity contribution in [1.82, 2.24) is 0 Å². The highest BCUT2D eigenvalue weighted by Gasteiger charge is 2.17. The lowest BCUT2D eigenvalue weighted by Crippen LogP contribution is -2.17. The van der Waals surface area contributed by atoms with Crippen LogP contribution >= 0.6 is 11.6 Å². The van der Waals surface area contributed by atoms with Crippen LogP contribution in [0, 0.1) is 23.0 Å². The molecule has 19 heavy (non-hydrogen) atoms. The number of hydrogen-bond donors (Lipinski definition) is 1. The molecule has 1 fully saturated rings. The van der Waals surface area contributed by atoms with Crippen LogP contribution in [0.3, 0.4) is 0 Å². The Kier molecular flexibility index (Phi) is 4.64. The summed E-state index contributed by atoms with van der Waals surface area (Å²) in [7, 11) is 0. The number of rotatable bonds is 4. The second kappa shape index (κ2) is 6.24. The van der Waals surface area contributed by atoms with Gasteiger partial charge in [0.15, 0.2) is 0 Å². The highest BCUT2D eigenvalue weighted by Crippen LogP contribution is 2.31. The average Bonchev–Trinajstić information content (AvgIpc) is 2.40. The summed E-state index contributed by atoms with van der Waals surface area (Å²) >= 11 is 5.94. The number of nitro groups is 1. The van der Waals surface area contributed by atoms with Gasteiger partial charge in [-0.3, -0.25) is 10.1 Å². The number of aryl methyl sites for hydroxylation is 1. The van der Waals surface area contributed by atoms with Crippen LogP contribution in [0.1, 0.15) is 37.7 Å². The standard InChI is InChI=1S/C14H19ClN2O2/c1-10-7-14(17(18)19)12(15)8-13(10)16-9-11-5-3-2-4-6-11/h7-8,11,16H,2-6,9H2,1H3. The average molecular weight is 283 g/mol. The second-order valence-corrected chi connectivity index (χ2v) is 5.67. The fourth-order valence-corrected chi connectivity index (χ4v) is 2.87. The van der Waals surface area contributed by atoms with Gasteiger partial charge in [0.2, 0.25) is 0 Å². The smallest absolute Gasteiger partial charge is 0.288 e. The number of hydrogen-bond acceptors (Lipinski definition) is 3. The zero-order valence-electron chi connectivity index (χ0n) is 11.1. The quantitative estimate of drug-likeness (QED) is 0.651. The van der Waals surface area contributed by atoms with Crippen molar-refractivity contribution < 1.29 is 4.92 Å². The summed E-state index contributed by atoms with van der Waals surface area (Å²) < 4.78 is 0. The van der Waals surface area contributed by atoms with Gasteiger partial charge >= 0.3 is 0 Å². The molecule has 1 N–H and O–H groups in total. The van der Waals surface area contributed by atoms with Gasteiger partial charge in [0.1, 0.15) is 5.02 Å². The van der Waals surface area contributed by atoms with Crippen molar-refractivity contribution in [3.8, 4) is 0 Å². The second-order valence-electron chi connectivity index (χ2n) is 5.26. The third-order valence-corrected chi connectivity index (χ3v) is 4.10. The minimum atomic E-state index is -0.444. The minimum absolute atomic E-state index is 0.0256. The lowest BCUT2D eigenvalue weighted by Gasteiger charge is -2.22. The Bertz CT molecular complexity index is 471. The fraction of sp³-hybridized carbons (Fsp3) is 0.571. The summed E-state index contributed by atoms with van der Waals surface area (Å²) in [6.07, 6.45) is 6.51. The first kappa shape index (κ1) is 14.1. The molecule has 2 rings (SSSR count). The maximum absolute atomic E-state index is 10.8. The summed E-state index contributed by atoms with van der Waals surface area (Å²) in [4.78, 5) is 10.3. The van der Waals surface area contributed by atoms with E-state index < -0.39 is 4.92 Å². The number of anilines is 1. The normalized spacial score (nSPS) is 16.3. The van der Waals surface area contributed by atoms with Crippen LogP contribution < -0.4 is 5.32 Å². The minimum Gasteiger partial charge on any atom is -0.385 e. The number of benzene rings is 1. The van der Waals surface area contributed by atoms with Gasteiger partial charge in [0.05, 0.1) is 4.92 Å². The molecule has 104 valence electrons. The van der Waals surface area contributed by atoms with E-state index in [0.717, 1.165) is 17.8 Å². The molecule has 0 aliphatic heterocycles. The molecule has 0 amide bonds. The lowest BCUT2D eigenvalue weighted by atomic mass is 9.89. The van der Waals surface area contributed by atoms with Gasteiger partial charge in [-0.2, -0.15) is 0 Å². The molecular formula is C14H19ClN2O2. The van der Waals surface area contributed by atoms with Crippen molar-refractivity contribution >= 4 is 23.0 Å². The number of nitrogens with zero attached hydrogens (tertiary/aromatic N) is 1. The Labute approximate surface area is 118 Å². The third kappa shape index (κ3) is 3.60. The van der Waals surface area contributed by atoms with E-state index in [2.05, 4.69) is 5.32 Å². The summed E-state index contributed by atoms with van der Waals surface area (Å²) in [5.41, 5.74) is 1.75. The van der Waals surface area contributed by atoms with Gasteiger partial charge in [0.25, 0.3) is 5.69 Å². The van der Waals surface area contributed by atoms with E-state index in [1.807, 2.05) is 6.92 Å². The lowest BCUT2D eigenvalue weighted by molar-refractivity contribution is -0.384. The highest BCUT2D eigenvalue weighted by atomic mass is 35.5. The first-order chi connectivity index (χ1) is 9.08. The third-order valence-electron chi connectivity index (χ3n) is 3.80. The van der Waals surface area contributed by atoms with Crippen molar-refractivity contribution in [3.05, 3.63) is 32.8 Å². The zero-order chi connectivity index (χ0) is 13.8. The maximum atomic E-state index is 10.8. The summed E-state index contributed by atoms with van der Waals surface area (Å²) in [6, 6.07) is 3.20. The number of halogens is 1. The molecule has 1 aliphatic carbocycles. The number of nitrogens with one attached hydrogen (secondary N) is 1. The summed E-state index contributed by atoms with van der Waals surface area (Å²) in [5.74, 6) is 0.710. The zero-order valence-corrected chi connectivity index (χ0v) is 11.9. The maximum Gasteiger partial charge on any atom is 0.288 e. The van der Waals surface area contributed by atoms with E-state index in [-0.39, 0.29) is 10.7 Å². The molecule has 0 saturated heterocycles. The Morgan fingerprint density at radius 2 is 2.05 bits per heavy atom. The molecule has 0 heterocycles. The van der Waals surface area contributed by atoms with Crippen molar-refractivity contribution in [2.75, 3.05) is 11.9 Å². The molecule has 0 radical (unpaired) electrons. The van der Waals surface area contributed by atoms with Gasteiger partial charge in [-0.15, -0.1) is 0 Å². The van der Waals surface area contributed by atoms with Gasteiger partial charge in [-0.05, 0) is 37.3 Å². The fourth-order valence-electron chi connectivity index (χ4n) is 2.64. The van der Waals surface area contributed by atoms with Crippen LogP contribution in [-0.2, 0) is 0 Å². The molecule has 1 aromatic carbocycles. The van der Waals surface area contributed by atoms with E-state index in [9.17, 15) is 10.1 Å². The Hall–Kier alpha value is -1.29. The highest BCUT2D eigenvalue weighted by molar-refractivity contribution is 6.33. The molecule has 0 spiro atoms. The molecular weight excluding hydrogens is 264 g/mol. The van der Waals surface area contributed by atoms with Gasteiger partial charge in [-0.1, -0.05) is 30.9 Å². The van der Waals surface area contributed by atoms with Gasteiger partial charge in [-0.25, -0.2) is 0 Å². The molecule has 0 atom stereocenters. The van der Waals surface area contributed by atoms with E-state index in [0.29, 0.717) is 5.92 Å². The number of nitro benzene ring substituents is 1. The van der Waals surface area contributed by atoms with E-state index >= 15 is 0 Å². The topological polar surface area (TPSA) is 55.2 Å². The molecule has 5 heteroatoms. The van der Waals surface area contributed by atoms with Gasteiger partial charge in [0, 0.05) is 18.3 Å². The van der Waals surface area contributed by atoms with Crippen LogP contribution in [0.4, 0.5) is 11.4 Å². The largest absolute Gasteiger partial charge is 0.385 e. The van der Waals surface area contributed by atoms with Crippen LogP contribution in [0.5, 0.6) is 0 Å². The SMILES string of the molecule is Cc1cc([N+](=O)[O-])c(Cl)cc1NCC1CCCCC1. The molecule has 4 nitrogen and oxygen atoms in total. The Balaban J connectivity index is 2.04. The predicted molar refractivity (Wildman–Crippen MR) is 77.9 cm³/mol. The van der Waals surface area contributed by atoms with Crippen LogP contribution in [0.15, 0.2) is 12.1 Å². The van der Waals surface area contributed by atoms with Crippen LogP contribution in [-0.4, -0.2) is 11.5 Å². The summed E-state index contributed by atoms with van der Waals surface area (Å²) in [6.45, 7) is 2.79. The molecule has 1 aliphatic rings. The van der Waals surface area contributed by atoms with Crippen LogP contribution in [0.2, 0.25) is 5.02 Å². The molecule has 0 aromatic heterocycles. The summed E-state index contributed by atoms with van der Waals surface area (Å²) in [5, 5.41) is 14.4. The molecule has 0 bridgehead atoms. The molecule has 1 saturated carbocycles. The monoisotopic (exact) mass is 282 g/mol. The predicted octanol–water partition coefficient (Wildman–Crippen LogP) is 4.55. The van der Waals surface area contributed by atoms with Crippen molar-refractivity contribution in [1.29, 1.82) is 0 Å². The first-order valence-corrected chi connectivity index (χ1v) is 7.14. The molecule has 1 aromatic rings. The van der Waals surface area contributed by atoms with Gasteiger partial charge < -0.3 is 5.32 Å². The first-order valence-electron chi connectivity index (χ1n) is 6.76.